The Morgan fingerprint density at radius 3 is 2.32 bits per heavy atom. The van der Waals surface area contributed by atoms with Crippen molar-refractivity contribution >= 4 is 11.8 Å². The predicted octanol–water partition coefficient (Wildman–Crippen LogP) is 3.48. The molecule has 0 spiro atoms. The van der Waals surface area contributed by atoms with Gasteiger partial charge in [-0.15, -0.1) is 0 Å². The summed E-state index contributed by atoms with van der Waals surface area (Å²) in [6, 6.07) is 7.71. The summed E-state index contributed by atoms with van der Waals surface area (Å²) < 4.78 is 4.50. The Morgan fingerprint density at radius 2 is 1.74 bits per heavy atom. The average molecular weight is 260 g/mol. The SMILES string of the molecule is COC(=O)CC(=O)c1ccc(C2CCCCC2)cc1. The lowest BCUT2D eigenvalue weighted by Crippen LogP contribution is -2.10. The van der Waals surface area contributed by atoms with Crippen LogP contribution < -0.4 is 0 Å². The van der Waals surface area contributed by atoms with Crippen LogP contribution in [0.3, 0.4) is 0 Å². The molecule has 3 heteroatoms. The quantitative estimate of drug-likeness (QED) is 0.473. The Balaban J connectivity index is 2.01. The number of benzene rings is 1. The summed E-state index contributed by atoms with van der Waals surface area (Å²) in [5.41, 5.74) is 1.90. The molecule has 1 aromatic carbocycles. The van der Waals surface area contributed by atoms with Crippen LogP contribution in [0, 0.1) is 0 Å². The van der Waals surface area contributed by atoms with E-state index in [4.69, 9.17) is 0 Å². The van der Waals surface area contributed by atoms with Crippen molar-refractivity contribution < 1.29 is 14.3 Å². The van der Waals surface area contributed by atoms with Gasteiger partial charge in [0.05, 0.1) is 7.11 Å². The topological polar surface area (TPSA) is 43.4 Å². The van der Waals surface area contributed by atoms with Gasteiger partial charge in [0.2, 0.25) is 0 Å². The van der Waals surface area contributed by atoms with Crippen LogP contribution in [0.25, 0.3) is 0 Å². The van der Waals surface area contributed by atoms with Crippen molar-refractivity contribution in [2.75, 3.05) is 7.11 Å². The number of Topliss-reactive ketones (excluding diaryl/α,β-unsaturated/α-hetero) is 1. The van der Waals surface area contributed by atoms with E-state index < -0.39 is 5.97 Å². The van der Waals surface area contributed by atoms with Gasteiger partial charge in [-0.3, -0.25) is 9.59 Å². The van der Waals surface area contributed by atoms with Crippen molar-refractivity contribution in [3.8, 4) is 0 Å². The zero-order valence-electron chi connectivity index (χ0n) is 11.4. The third-order valence-corrected chi connectivity index (χ3v) is 3.84. The predicted molar refractivity (Wildman–Crippen MR) is 73.2 cm³/mol. The molecule has 3 nitrogen and oxygen atoms in total. The van der Waals surface area contributed by atoms with Gasteiger partial charge in [0.15, 0.2) is 5.78 Å². The van der Waals surface area contributed by atoms with Crippen LogP contribution in [0.2, 0.25) is 0 Å². The largest absolute Gasteiger partial charge is 0.469 e. The molecule has 102 valence electrons. The second-order valence-corrected chi connectivity index (χ2v) is 5.13. The second-order valence-electron chi connectivity index (χ2n) is 5.13. The lowest BCUT2D eigenvalue weighted by atomic mass is 9.84. The highest BCUT2D eigenvalue weighted by Crippen LogP contribution is 2.32. The molecule has 0 amide bonds. The van der Waals surface area contributed by atoms with Gasteiger partial charge in [0.1, 0.15) is 6.42 Å². The average Bonchev–Trinajstić information content (AvgIpc) is 2.48. The van der Waals surface area contributed by atoms with Crippen LogP contribution in [0.1, 0.15) is 60.4 Å². The molecule has 0 aliphatic heterocycles. The van der Waals surface area contributed by atoms with Crippen molar-refractivity contribution in [1.82, 2.24) is 0 Å². The van der Waals surface area contributed by atoms with E-state index in [9.17, 15) is 9.59 Å². The third-order valence-electron chi connectivity index (χ3n) is 3.84. The van der Waals surface area contributed by atoms with Gasteiger partial charge in [-0.1, -0.05) is 43.5 Å². The molecule has 0 aromatic heterocycles. The van der Waals surface area contributed by atoms with Crippen LogP contribution in [0.15, 0.2) is 24.3 Å². The fourth-order valence-corrected chi connectivity index (χ4v) is 2.68. The van der Waals surface area contributed by atoms with Gasteiger partial charge in [-0.25, -0.2) is 0 Å². The molecule has 0 heterocycles. The van der Waals surface area contributed by atoms with E-state index in [1.807, 2.05) is 24.3 Å². The van der Waals surface area contributed by atoms with Gasteiger partial charge in [-0.2, -0.15) is 0 Å². The molecule has 1 aliphatic carbocycles. The monoisotopic (exact) mass is 260 g/mol. The van der Waals surface area contributed by atoms with Crippen molar-refractivity contribution in [3.63, 3.8) is 0 Å². The summed E-state index contributed by atoms with van der Waals surface area (Å²) >= 11 is 0. The molecule has 0 bridgehead atoms. The molecule has 1 aliphatic rings. The van der Waals surface area contributed by atoms with Crippen LogP contribution >= 0.6 is 0 Å². The number of ether oxygens (including phenoxy) is 1. The van der Waals surface area contributed by atoms with E-state index in [0.29, 0.717) is 11.5 Å². The zero-order valence-corrected chi connectivity index (χ0v) is 11.4. The van der Waals surface area contributed by atoms with Crippen LogP contribution in [-0.2, 0) is 9.53 Å². The number of carbonyl (C=O) groups excluding carboxylic acids is 2. The minimum absolute atomic E-state index is 0.179. The van der Waals surface area contributed by atoms with Crippen molar-refractivity contribution in [2.24, 2.45) is 0 Å². The van der Waals surface area contributed by atoms with Gasteiger partial charge in [0.25, 0.3) is 0 Å². The van der Waals surface area contributed by atoms with E-state index in [2.05, 4.69) is 4.74 Å². The first-order valence-corrected chi connectivity index (χ1v) is 6.90. The van der Waals surface area contributed by atoms with Crippen molar-refractivity contribution in [3.05, 3.63) is 35.4 Å². The number of esters is 1. The Hall–Kier alpha value is -1.64. The minimum atomic E-state index is -0.485. The van der Waals surface area contributed by atoms with Gasteiger partial charge >= 0.3 is 5.97 Å². The third kappa shape index (κ3) is 3.66. The zero-order chi connectivity index (χ0) is 13.7. The summed E-state index contributed by atoms with van der Waals surface area (Å²) in [4.78, 5) is 22.9. The van der Waals surface area contributed by atoms with E-state index >= 15 is 0 Å². The van der Waals surface area contributed by atoms with Crippen molar-refractivity contribution in [2.45, 2.75) is 44.4 Å². The van der Waals surface area contributed by atoms with Crippen LogP contribution in [0.4, 0.5) is 0 Å². The molecule has 0 unspecified atom stereocenters. The standard InChI is InChI=1S/C16H20O3/c1-19-16(18)11-15(17)14-9-7-13(8-10-14)12-5-3-2-4-6-12/h7-10,12H,2-6,11H2,1H3. The number of ketones is 1. The summed E-state index contributed by atoms with van der Waals surface area (Å²) in [5.74, 6) is -0.0260. The Labute approximate surface area is 114 Å². The highest BCUT2D eigenvalue weighted by Gasteiger charge is 2.16. The highest BCUT2D eigenvalue weighted by atomic mass is 16.5. The second kappa shape index (κ2) is 6.50. The van der Waals surface area contributed by atoms with Crippen LogP contribution in [0.5, 0.6) is 0 Å². The summed E-state index contributed by atoms with van der Waals surface area (Å²) in [5, 5.41) is 0. The maximum atomic E-state index is 11.8. The molecule has 0 radical (unpaired) electrons. The Kier molecular flexibility index (Phi) is 4.72. The smallest absolute Gasteiger partial charge is 0.313 e. The van der Waals surface area contributed by atoms with E-state index in [1.54, 1.807) is 0 Å². The Morgan fingerprint density at radius 1 is 1.11 bits per heavy atom. The summed E-state index contributed by atoms with van der Waals surface area (Å²) in [7, 11) is 1.29. The van der Waals surface area contributed by atoms with Gasteiger partial charge < -0.3 is 4.74 Å². The number of methoxy groups -OCH3 is 1. The number of rotatable bonds is 4. The van der Waals surface area contributed by atoms with Gasteiger partial charge in [-0.05, 0) is 24.3 Å². The first-order valence-electron chi connectivity index (χ1n) is 6.90. The number of carbonyl (C=O) groups is 2. The molecule has 0 N–H and O–H groups in total. The summed E-state index contributed by atoms with van der Waals surface area (Å²) in [6.07, 6.45) is 6.25. The first kappa shape index (κ1) is 13.8. The fraction of sp³-hybridized carbons (Fsp3) is 0.500. The number of hydrogen-bond acceptors (Lipinski definition) is 3. The minimum Gasteiger partial charge on any atom is -0.469 e. The molecule has 19 heavy (non-hydrogen) atoms. The molecular formula is C16H20O3. The van der Waals surface area contributed by atoms with Gasteiger partial charge in [0, 0.05) is 5.56 Å². The maximum absolute atomic E-state index is 11.8. The van der Waals surface area contributed by atoms with E-state index in [1.165, 1.54) is 44.8 Å². The Bertz CT molecular complexity index is 442. The van der Waals surface area contributed by atoms with Crippen molar-refractivity contribution in [1.29, 1.82) is 0 Å². The van der Waals surface area contributed by atoms with E-state index in [-0.39, 0.29) is 12.2 Å². The molecule has 2 rings (SSSR count). The maximum Gasteiger partial charge on any atom is 0.313 e. The fourth-order valence-electron chi connectivity index (χ4n) is 2.68. The molecule has 0 atom stereocenters. The lowest BCUT2D eigenvalue weighted by Gasteiger charge is -2.22. The normalized spacial score (nSPS) is 16.1. The summed E-state index contributed by atoms with van der Waals surface area (Å²) in [6.45, 7) is 0. The molecule has 1 saturated carbocycles. The molecule has 1 fully saturated rings. The molecule has 0 saturated heterocycles. The molecule has 1 aromatic rings. The molecular weight excluding hydrogens is 240 g/mol. The first-order chi connectivity index (χ1) is 9.20. The van der Waals surface area contributed by atoms with E-state index in [0.717, 1.165) is 0 Å². The van der Waals surface area contributed by atoms with Crippen LogP contribution in [-0.4, -0.2) is 18.9 Å². The number of hydrogen-bond donors (Lipinski definition) is 0. The highest BCUT2D eigenvalue weighted by molar-refractivity contribution is 6.05. The lowest BCUT2D eigenvalue weighted by molar-refractivity contribution is -0.139.